The molecule has 0 aromatic carbocycles. The Hall–Kier alpha value is -3.83. The molecule has 5 heterocycles. The lowest BCUT2D eigenvalue weighted by molar-refractivity contribution is -0.120. The quantitative estimate of drug-likeness (QED) is 0.322. The molecule has 11 heteroatoms. The molecule has 0 saturated carbocycles. The Labute approximate surface area is 225 Å². The maximum absolute atomic E-state index is 13.3. The van der Waals surface area contributed by atoms with Crippen molar-refractivity contribution < 1.29 is 9.59 Å². The standard InChI is InChI=1S/C27H32N8O2S/c1-4-33(5-2)17(3)15-29-27(37)18-13-21(31-24(14-18)34-10-9-22(34)25(28)36)19-16-30-35-11-8-20(32-26(19)35)23-7-6-12-38-23/h6-8,11-14,16-17,22H,4-5,9-10,15H2,1-3H3,(H2,28,36)(H,29,37)/t17?,22-/m0/s1. The number of rotatable bonds is 10. The van der Waals surface area contributed by atoms with E-state index < -0.39 is 11.9 Å². The van der Waals surface area contributed by atoms with Gasteiger partial charge in [0.2, 0.25) is 5.91 Å². The lowest BCUT2D eigenvalue weighted by Crippen LogP contribution is -2.55. The van der Waals surface area contributed by atoms with E-state index in [4.69, 9.17) is 15.7 Å². The molecular formula is C27H32N8O2S. The number of anilines is 1. The summed E-state index contributed by atoms with van der Waals surface area (Å²) in [5, 5.41) is 9.54. The van der Waals surface area contributed by atoms with Crippen LogP contribution in [0.3, 0.4) is 0 Å². The van der Waals surface area contributed by atoms with Crippen LogP contribution in [0.1, 0.15) is 37.6 Å². The van der Waals surface area contributed by atoms with Gasteiger partial charge in [-0.05, 0) is 56.1 Å². The van der Waals surface area contributed by atoms with Crippen LogP contribution in [0.15, 0.2) is 48.1 Å². The third-order valence-electron chi connectivity index (χ3n) is 7.13. The summed E-state index contributed by atoms with van der Waals surface area (Å²) < 4.78 is 1.70. The molecular weight excluding hydrogens is 500 g/mol. The van der Waals surface area contributed by atoms with E-state index in [9.17, 15) is 9.59 Å². The summed E-state index contributed by atoms with van der Waals surface area (Å²) in [6.45, 7) is 9.30. The monoisotopic (exact) mass is 532 g/mol. The minimum Gasteiger partial charge on any atom is -0.368 e. The minimum atomic E-state index is -0.441. The van der Waals surface area contributed by atoms with Crippen LogP contribution in [0.25, 0.3) is 27.5 Å². The summed E-state index contributed by atoms with van der Waals surface area (Å²) in [6, 6.07) is 9.18. The summed E-state index contributed by atoms with van der Waals surface area (Å²) in [5.41, 5.74) is 8.81. The normalized spacial score (nSPS) is 16.0. The van der Waals surface area contributed by atoms with Gasteiger partial charge in [-0.25, -0.2) is 14.5 Å². The number of carbonyl (C=O) groups is 2. The number of likely N-dealkylation sites (N-methyl/N-ethyl adjacent to an activating group) is 1. The van der Waals surface area contributed by atoms with Crippen molar-refractivity contribution in [2.75, 3.05) is 31.1 Å². The molecule has 0 radical (unpaired) electrons. The Morgan fingerprint density at radius 1 is 1.21 bits per heavy atom. The van der Waals surface area contributed by atoms with Gasteiger partial charge in [-0.1, -0.05) is 19.9 Å². The molecule has 0 bridgehead atoms. The molecule has 5 rings (SSSR count). The van der Waals surface area contributed by atoms with Gasteiger partial charge in [0.05, 0.1) is 28.0 Å². The smallest absolute Gasteiger partial charge is 0.251 e. The van der Waals surface area contributed by atoms with Crippen LogP contribution in [-0.4, -0.2) is 74.6 Å². The van der Waals surface area contributed by atoms with E-state index in [0.717, 1.165) is 23.7 Å². The number of pyridine rings is 1. The second kappa shape index (κ2) is 10.9. The third-order valence-corrected chi connectivity index (χ3v) is 8.02. The maximum Gasteiger partial charge on any atom is 0.251 e. The van der Waals surface area contributed by atoms with Gasteiger partial charge in [-0.15, -0.1) is 11.3 Å². The maximum atomic E-state index is 13.3. The Morgan fingerprint density at radius 2 is 2.03 bits per heavy atom. The largest absolute Gasteiger partial charge is 0.368 e. The average Bonchev–Trinajstić information content (AvgIpc) is 3.57. The van der Waals surface area contributed by atoms with Gasteiger partial charge in [-0.3, -0.25) is 14.5 Å². The van der Waals surface area contributed by atoms with E-state index in [1.165, 1.54) is 0 Å². The second-order valence-corrected chi connectivity index (χ2v) is 10.3. The number of amides is 2. The third kappa shape index (κ3) is 4.99. The van der Waals surface area contributed by atoms with Crippen LogP contribution in [-0.2, 0) is 4.79 Å². The summed E-state index contributed by atoms with van der Waals surface area (Å²) >= 11 is 1.61. The minimum absolute atomic E-state index is 0.198. The first kappa shape index (κ1) is 25.8. The highest BCUT2D eigenvalue weighted by Gasteiger charge is 2.34. The molecule has 1 aliphatic heterocycles. The summed E-state index contributed by atoms with van der Waals surface area (Å²) in [4.78, 5) is 40.2. The van der Waals surface area contributed by atoms with E-state index >= 15 is 0 Å². The number of nitrogens with zero attached hydrogens (tertiary/aromatic N) is 6. The van der Waals surface area contributed by atoms with Crippen LogP contribution >= 0.6 is 11.3 Å². The molecule has 4 aromatic heterocycles. The molecule has 0 spiro atoms. The number of fused-ring (bicyclic) bond motifs is 1. The molecule has 10 nitrogen and oxygen atoms in total. The Bertz CT molecular complexity index is 1450. The SMILES string of the molecule is CCN(CC)C(C)CNC(=O)c1cc(-c2cnn3ccc(-c4cccs4)nc23)nc(N2CC[C@H]2C(N)=O)c1. The van der Waals surface area contributed by atoms with Gasteiger partial charge >= 0.3 is 0 Å². The van der Waals surface area contributed by atoms with Gasteiger partial charge in [0.15, 0.2) is 5.65 Å². The Kier molecular flexibility index (Phi) is 7.39. The number of carbonyl (C=O) groups excluding carboxylic acids is 2. The molecule has 3 N–H and O–H groups in total. The molecule has 0 aliphatic carbocycles. The van der Waals surface area contributed by atoms with E-state index in [-0.39, 0.29) is 11.9 Å². The highest BCUT2D eigenvalue weighted by Crippen LogP contribution is 2.31. The van der Waals surface area contributed by atoms with Crippen molar-refractivity contribution in [1.82, 2.24) is 29.8 Å². The zero-order chi connectivity index (χ0) is 26.8. The zero-order valence-electron chi connectivity index (χ0n) is 21.8. The second-order valence-electron chi connectivity index (χ2n) is 9.40. The first-order valence-corrected chi connectivity index (χ1v) is 13.8. The van der Waals surface area contributed by atoms with Gasteiger partial charge < -0.3 is 16.0 Å². The van der Waals surface area contributed by atoms with E-state index in [0.29, 0.717) is 47.8 Å². The molecule has 38 heavy (non-hydrogen) atoms. The van der Waals surface area contributed by atoms with E-state index in [1.807, 2.05) is 34.7 Å². The van der Waals surface area contributed by atoms with Gasteiger partial charge in [0, 0.05) is 30.9 Å². The van der Waals surface area contributed by atoms with Crippen molar-refractivity contribution in [3.8, 4) is 21.8 Å². The van der Waals surface area contributed by atoms with Gasteiger partial charge in [0.1, 0.15) is 11.9 Å². The topological polar surface area (TPSA) is 122 Å². The fourth-order valence-electron chi connectivity index (χ4n) is 4.82. The van der Waals surface area contributed by atoms with E-state index in [1.54, 1.807) is 34.2 Å². The van der Waals surface area contributed by atoms with Crippen molar-refractivity contribution in [2.45, 2.75) is 39.3 Å². The number of aromatic nitrogens is 4. The molecule has 1 unspecified atom stereocenters. The van der Waals surface area contributed by atoms with Gasteiger partial charge in [-0.2, -0.15) is 5.10 Å². The predicted molar refractivity (Wildman–Crippen MR) is 149 cm³/mol. The Morgan fingerprint density at radius 3 is 2.68 bits per heavy atom. The van der Waals surface area contributed by atoms with Crippen molar-refractivity contribution in [3.63, 3.8) is 0 Å². The zero-order valence-corrected chi connectivity index (χ0v) is 22.6. The number of thiophene rings is 1. The van der Waals surface area contributed by atoms with Crippen molar-refractivity contribution in [1.29, 1.82) is 0 Å². The summed E-state index contributed by atoms with van der Waals surface area (Å²) in [7, 11) is 0. The first-order valence-electron chi connectivity index (χ1n) is 12.9. The van der Waals surface area contributed by atoms with Crippen LogP contribution in [0.4, 0.5) is 5.82 Å². The molecule has 198 valence electrons. The number of primary amides is 1. The average molecular weight is 533 g/mol. The van der Waals surface area contributed by atoms with Crippen molar-refractivity contribution in [2.24, 2.45) is 5.73 Å². The molecule has 1 fully saturated rings. The summed E-state index contributed by atoms with van der Waals surface area (Å²) in [6.07, 6.45) is 4.23. The lowest BCUT2D eigenvalue weighted by Gasteiger charge is -2.40. The highest BCUT2D eigenvalue weighted by atomic mass is 32.1. The fraction of sp³-hybridized carbons (Fsp3) is 0.370. The highest BCUT2D eigenvalue weighted by molar-refractivity contribution is 7.13. The van der Waals surface area contributed by atoms with Crippen LogP contribution in [0, 0.1) is 0 Å². The van der Waals surface area contributed by atoms with Crippen molar-refractivity contribution >= 4 is 34.6 Å². The molecule has 1 saturated heterocycles. The summed E-state index contributed by atoms with van der Waals surface area (Å²) in [5.74, 6) is -0.0669. The lowest BCUT2D eigenvalue weighted by atomic mass is 10.0. The number of nitrogens with one attached hydrogen (secondary N) is 1. The number of hydrogen-bond donors (Lipinski definition) is 2. The van der Waals surface area contributed by atoms with E-state index in [2.05, 4.69) is 36.1 Å². The van der Waals surface area contributed by atoms with Crippen molar-refractivity contribution in [3.05, 3.63) is 53.7 Å². The number of hydrogen-bond acceptors (Lipinski definition) is 8. The first-order chi connectivity index (χ1) is 18.4. The van der Waals surface area contributed by atoms with Crippen LogP contribution in [0.2, 0.25) is 0 Å². The van der Waals surface area contributed by atoms with Crippen LogP contribution < -0.4 is 16.0 Å². The van der Waals surface area contributed by atoms with Gasteiger partial charge in [0.25, 0.3) is 5.91 Å². The molecule has 4 aromatic rings. The predicted octanol–water partition coefficient (Wildman–Crippen LogP) is 3.04. The molecule has 1 aliphatic rings. The molecule has 2 atom stereocenters. The fourth-order valence-corrected chi connectivity index (χ4v) is 5.51. The Balaban J connectivity index is 1.52. The van der Waals surface area contributed by atoms with Crippen LogP contribution in [0.5, 0.6) is 0 Å². The molecule has 2 amide bonds. The number of nitrogens with two attached hydrogens (primary N) is 1.